The Balaban J connectivity index is 1.98. The van der Waals surface area contributed by atoms with Gasteiger partial charge in [-0.05, 0) is 12.8 Å². The molecule has 3 rings (SSSR count). The topological polar surface area (TPSA) is 43.8 Å². The van der Waals surface area contributed by atoms with Gasteiger partial charge in [-0.2, -0.15) is 0 Å². The molecule has 0 radical (unpaired) electrons. The van der Waals surface area contributed by atoms with Crippen LogP contribution in [0.2, 0.25) is 0 Å². The summed E-state index contributed by atoms with van der Waals surface area (Å²) in [6.07, 6.45) is 10.1. The van der Waals surface area contributed by atoms with Gasteiger partial charge in [-0.1, -0.05) is 56.0 Å². The second-order valence-electron chi connectivity index (χ2n) is 5.68. The van der Waals surface area contributed by atoms with Gasteiger partial charge in [-0.25, -0.2) is 4.98 Å². The minimum absolute atomic E-state index is 0.513. The Labute approximate surface area is 120 Å². The first kappa shape index (κ1) is 13.4. The molecule has 3 heteroatoms. The number of nitrogens with two attached hydrogens (primary N) is 1. The molecule has 3 nitrogen and oxygen atoms in total. The monoisotopic (exact) mass is 269 g/mol. The van der Waals surface area contributed by atoms with Crippen LogP contribution in [0.25, 0.3) is 11.4 Å². The van der Waals surface area contributed by atoms with Crippen LogP contribution in [0, 0.1) is 0 Å². The van der Waals surface area contributed by atoms with E-state index in [0.29, 0.717) is 12.6 Å². The van der Waals surface area contributed by atoms with Crippen molar-refractivity contribution in [3.63, 3.8) is 0 Å². The van der Waals surface area contributed by atoms with Gasteiger partial charge in [-0.3, -0.25) is 0 Å². The van der Waals surface area contributed by atoms with Crippen molar-refractivity contribution in [2.24, 2.45) is 5.73 Å². The van der Waals surface area contributed by atoms with Crippen LogP contribution >= 0.6 is 0 Å². The molecule has 0 spiro atoms. The van der Waals surface area contributed by atoms with Crippen molar-refractivity contribution in [2.45, 2.75) is 51.1 Å². The van der Waals surface area contributed by atoms with Gasteiger partial charge in [-0.15, -0.1) is 0 Å². The van der Waals surface area contributed by atoms with E-state index in [1.165, 1.54) is 44.1 Å². The van der Waals surface area contributed by atoms with E-state index in [0.717, 1.165) is 11.5 Å². The van der Waals surface area contributed by atoms with E-state index in [9.17, 15) is 0 Å². The number of hydrogen-bond donors (Lipinski definition) is 1. The van der Waals surface area contributed by atoms with Crippen LogP contribution in [-0.2, 0) is 6.54 Å². The highest BCUT2D eigenvalue weighted by atomic mass is 15.1. The fourth-order valence-electron chi connectivity index (χ4n) is 3.16. The van der Waals surface area contributed by atoms with E-state index in [-0.39, 0.29) is 0 Å². The van der Waals surface area contributed by atoms with Crippen molar-refractivity contribution in [3.05, 3.63) is 42.2 Å². The highest BCUT2D eigenvalue weighted by Gasteiger charge is 2.19. The lowest BCUT2D eigenvalue weighted by atomic mass is 10.1. The SMILES string of the molecule is NCc1cn(C2CCCCCC2)c(-c2ccccc2)n1. The van der Waals surface area contributed by atoms with E-state index in [1.807, 2.05) is 6.07 Å². The molecule has 1 fully saturated rings. The summed E-state index contributed by atoms with van der Waals surface area (Å²) in [5, 5.41) is 0. The molecular weight excluding hydrogens is 246 g/mol. The van der Waals surface area contributed by atoms with Crippen LogP contribution in [0.3, 0.4) is 0 Å². The molecule has 20 heavy (non-hydrogen) atoms. The minimum atomic E-state index is 0.513. The molecule has 0 unspecified atom stereocenters. The third kappa shape index (κ3) is 2.78. The zero-order valence-electron chi connectivity index (χ0n) is 12.0. The van der Waals surface area contributed by atoms with Gasteiger partial charge in [0.15, 0.2) is 0 Å². The maximum Gasteiger partial charge on any atom is 0.140 e. The van der Waals surface area contributed by atoms with Crippen molar-refractivity contribution in [3.8, 4) is 11.4 Å². The first-order chi connectivity index (χ1) is 9.88. The van der Waals surface area contributed by atoms with Crippen molar-refractivity contribution in [1.29, 1.82) is 0 Å². The number of imidazole rings is 1. The molecule has 0 bridgehead atoms. The maximum atomic E-state index is 5.79. The quantitative estimate of drug-likeness (QED) is 0.859. The molecule has 1 saturated carbocycles. The fraction of sp³-hybridized carbons (Fsp3) is 0.471. The van der Waals surface area contributed by atoms with Gasteiger partial charge >= 0.3 is 0 Å². The summed E-state index contributed by atoms with van der Waals surface area (Å²) < 4.78 is 2.38. The Kier molecular flexibility index (Phi) is 4.16. The van der Waals surface area contributed by atoms with Crippen LogP contribution in [0.4, 0.5) is 0 Å². The molecule has 1 aliphatic rings. The highest BCUT2D eigenvalue weighted by molar-refractivity contribution is 5.56. The number of rotatable bonds is 3. The molecule has 0 atom stereocenters. The van der Waals surface area contributed by atoms with E-state index in [4.69, 9.17) is 10.7 Å². The van der Waals surface area contributed by atoms with Crippen molar-refractivity contribution in [1.82, 2.24) is 9.55 Å². The third-order valence-corrected chi connectivity index (χ3v) is 4.24. The Morgan fingerprint density at radius 3 is 2.40 bits per heavy atom. The molecule has 106 valence electrons. The van der Waals surface area contributed by atoms with Crippen LogP contribution in [0.15, 0.2) is 36.5 Å². The Morgan fingerprint density at radius 2 is 1.75 bits per heavy atom. The first-order valence-corrected chi connectivity index (χ1v) is 7.71. The van der Waals surface area contributed by atoms with E-state index < -0.39 is 0 Å². The summed E-state index contributed by atoms with van der Waals surface area (Å²) in [6.45, 7) is 0.513. The molecule has 0 amide bonds. The van der Waals surface area contributed by atoms with Crippen molar-refractivity contribution in [2.75, 3.05) is 0 Å². The average Bonchev–Trinajstić information content (AvgIpc) is 2.75. The van der Waals surface area contributed by atoms with Crippen molar-refractivity contribution < 1.29 is 0 Å². The third-order valence-electron chi connectivity index (χ3n) is 4.24. The van der Waals surface area contributed by atoms with Gasteiger partial charge in [0.2, 0.25) is 0 Å². The first-order valence-electron chi connectivity index (χ1n) is 7.71. The average molecular weight is 269 g/mol. The molecular formula is C17H23N3. The summed E-state index contributed by atoms with van der Waals surface area (Å²) >= 11 is 0. The normalized spacial score (nSPS) is 17.1. The molecule has 2 N–H and O–H groups in total. The largest absolute Gasteiger partial charge is 0.328 e. The molecule has 1 aliphatic carbocycles. The van der Waals surface area contributed by atoms with Crippen LogP contribution in [0.1, 0.15) is 50.3 Å². The fourth-order valence-corrected chi connectivity index (χ4v) is 3.16. The predicted molar refractivity (Wildman–Crippen MR) is 82.3 cm³/mol. The molecule has 0 saturated heterocycles. The molecule has 0 aliphatic heterocycles. The van der Waals surface area contributed by atoms with Gasteiger partial charge in [0.1, 0.15) is 5.82 Å². The number of hydrogen-bond acceptors (Lipinski definition) is 2. The van der Waals surface area contributed by atoms with Crippen molar-refractivity contribution >= 4 is 0 Å². The van der Waals surface area contributed by atoms with Gasteiger partial charge in [0, 0.05) is 24.3 Å². The number of benzene rings is 1. The maximum absolute atomic E-state index is 5.79. The highest BCUT2D eigenvalue weighted by Crippen LogP contribution is 2.31. The lowest BCUT2D eigenvalue weighted by molar-refractivity contribution is 0.447. The van der Waals surface area contributed by atoms with Crippen LogP contribution in [0.5, 0.6) is 0 Å². The zero-order chi connectivity index (χ0) is 13.8. The van der Waals surface area contributed by atoms with Crippen LogP contribution in [-0.4, -0.2) is 9.55 Å². The van der Waals surface area contributed by atoms with Gasteiger partial charge in [0.05, 0.1) is 5.69 Å². The molecule has 1 heterocycles. The Morgan fingerprint density at radius 1 is 1.05 bits per heavy atom. The lowest BCUT2D eigenvalue weighted by Gasteiger charge is -2.18. The van der Waals surface area contributed by atoms with Crippen LogP contribution < -0.4 is 5.73 Å². The summed E-state index contributed by atoms with van der Waals surface area (Å²) in [7, 11) is 0. The van der Waals surface area contributed by atoms with E-state index in [2.05, 4.69) is 35.0 Å². The molecule has 1 aromatic carbocycles. The second-order valence-corrected chi connectivity index (χ2v) is 5.68. The lowest BCUT2D eigenvalue weighted by Crippen LogP contribution is -2.08. The summed E-state index contributed by atoms with van der Waals surface area (Å²) in [6, 6.07) is 11.0. The Bertz CT molecular complexity index is 537. The minimum Gasteiger partial charge on any atom is -0.328 e. The number of nitrogens with zero attached hydrogens (tertiary/aromatic N) is 2. The summed E-state index contributed by atoms with van der Waals surface area (Å²) in [5.41, 5.74) is 7.98. The Hall–Kier alpha value is -1.61. The van der Waals surface area contributed by atoms with E-state index in [1.54, 1.807) is 0 Å². The smallest absolute Gasteiger partial charge is 0.140 e. The summed E-state index contributed by atoms with van der Waals surface area (Å²) in [4.78, 5) is 4.74. The zero-order valence-corrected chi connectivity index (χ0v) is 12.0. The standard InChI is InChI=1S/C17H23N3/c18-12-15-13-20(16-10-6-1-2-7-11-16)17(19-15)14-8-4-3-5-9-14/h3-5,8-9,13,16H,1-2,6-7,10-12,18H2. The summed E-state index contributed by atoms with van der Waals surface area (Å²) in [5.74, 6) is 1.08. The van der Waals surface area contributed by atoms with Gasteiger partial charge < -0.3 is 10.3 Å². The molecule has 1 aromatic heterocycles. The van der Waals surface area contributed by atoms with Gasteiger partial charge in [0.25, 0.3) is 0 Å². The van der Waals surface area contributed by atoms with E-state index >= 15 is 0 Å². The number of aromatic nitrogens is 2. The predicted octanol–water partition coefficient (Wildman–Crippen LogP) is 3.90. The second kappa shape index (κ2) is 6.23. The molecule has 2 aromatic rings.